The van der Waals surface area contributed by atoms with Crippen molar-refractivity contribution in [1.29, 1.82) is 0 Å². The van der Waals surface area contributed by atoms with E-state index in [2.05, 4.69) is 20.6 Å². The average molecular weight is 575 g/mol. The molecule has 2 heterocycles. The second-order valence-corrected chi connectivity index (χ2v) is 10.7. The first-order chi connectivity index (χ1) is 20.3. The van der Waals surface area contributed by atoms with Crippen LogP contribution in [0.3, 0.4) is 0 Å². The van der Waals surface area contributed by atoms with Crippen molar-refractivity contribution in [3.05, 3.63) is 72.1 Å². The highest BCUT2D eigenvalue weighted by Crippen LogP contribution is 2.20. The van der Waals surface area contributed by atoms with Crippen molar-refractivity contribution in [3.8, 4) is 0 Å². The van der Waals surface area contributed by atoms with Crippen LogP contribution in [0.4, 0.5) is 0 Å². The zero-order valence-electron chi connectivity index (χ0n) is 23.5. The summed E-state index contributed by atoms with van der Waals surface area (Å²) in [6, 6.07) is 13.3. The molecule has 0 aliphatic heterocycles. The Kier molecular flexibility index (Phi) is 10.7. The van der Waals surface area contributed by atoms with Crippen LogP contribution in [0.1, 0.15) is 62.5 Å². The van der Waals surface area contributed by atoms with Crippen LogP contribution in [0.5, 0.6) is 0 Å². The van der Waals surface area contributed by atoms with Crippen molar-refractivity contribution in [1.82, 2.24) is 20.6 Å². The van der Waals surface area contributed by atoms with Gasteiger partial charge >= 0.3 is 11.9 Å². The van der Waals surface area contributed by atoms with E-state index in [0.29, 0.717) is 12.8 Å². The lowest BCUT2D eigenvalue weighted by atomic mass is 10.0. The van der Waals surface area contributed by atoms with Gasteiger partial charge in [-0.05, 0) is 36.1 Å². The van der Waals surface area contributed by atoms with E-state index in [1.807, 2.05) is 48.5 Å². The van der Waals surface area contributed by atoms with E-state index in [0.717, 1.165) is 58.6 Å². The molecule has 10 heteroatoms. The Morgan fingerprint density at radius 2 is 0.976 bits per heavy atom. The molecule has 2 amide bonds. The summed E-state index contributed by atoms with van der Waals surface area (Å²) in [5.41, 5.74) is 3.54. The molecule has 0 spiro atoms. The molecule has 10 nitrogen and oxygen atoms in total. The number of nitrogens with one attached hydrogen (secondary N) is 4. The third-order valence-electron chi connectivity index (χ3n) is 7.52. The number of carboxylic acid groups (broad SMARTS) is 2. The van der Waals surface area contributed by atoms with Gasteiger partial charge < -0.3 is 30.8 Å². The molecule has 0 saturated heterocycles. The van der Waals surface area contributed by atoms with Crippen molar-refractivity contribution in [2.45, 2.75) is 76.3 Å². The van der Waals surface area contributed by atoms with Crippen molar-refractivity contribution in [3.63, 3.8) is 0 Å². The van der Waals surface area contributed by atoms with Crippen molar-refractivity contribution < 1.29 is 29.4 Å². The van der Waals surface area contributed by atoms with Gasteiger partial charge in [-0.1, -0.05) is 62.1 Å². The Labute approximate surface area is 243 Å². The van der Waals surface area contributed by atoms with E-state index in [9.17, 15) is 29.4 Å². The molecule has 0 fully saturated rings. The highest BCUT2D eigenvalue weighted by Gasteiger charge is 2.23. The fraction of sp³-hybridized carbons (Fsp3) is 0.375. The number of amides is 2. The minimum Gasteiger partial charge on any atom is -0.480 e. The van der Waals surface area contributed by atoms with Crippen LogP contribution < -0.4 is 10.6 Å². The number of benzene rings is 2. The minimum atomic E-state index is -1.06. The molecule has 0 aliphatic carbocycles. The maximum Gasteiger partial charge on any atom is 0.326 e. The van der Waals surface area contributed by atoms with Gasteiger partial charge in [-0.25, -0.2) is 9.59 Å². The van der Waals surface area contributed by atoms with Crippen LogP contribution in [0.15, 0.2) is 60.9 Å². The lowest BCUT2D eigenvalue weighted by molar-refractivity contribution is -0.142. The van der Waals surface area contributed by atoms with E-state index in [-0.39, 0.29) is 37.5 Å². The summed E-state index contributed by atoms with van der Waals surface area (Å²) in [6.45, 7) is 0. The predicted molar refractivity (Wildman–Crippen MR) is 160 cm³/mol. The summed E-state index contributed by atoms with van der Waals surface area (Å²) in [5.74, 6) is -2.69. The average Bonchev–Trinajstić information content (AvgIpc) is 3.57. The monoisotopic (exact) mass is 574 g/mol. The number of aliphatic carboxylic acids is 2. The van der Waals surface area contributed by atoms with Crippen LogP contribution in [-0.4, -0.2) is 56.0 Å². The van der Waals surface area contributed by atoms with Gasteiger partial charge in [0, 0.05) is 59.9 Å². The van der Waals surface area contributed by atoms with E-state index in [1.165, 1.54) is 0 Å². The Morgan fingerprint density at radius 3 is 1.38 bits per heavy atom. The quantitative estimate of drug-likeness (QED) is 0.100. The molecule has 2 atom stereocenters. The molecular formula is C32H38N4O6. The standard InChI is InChI=1S/C32H38N4O6/c37-29(35-27(31(39)40)17-21-19-33-25-13-9-7-11-23(21)25)15-5-3-1-2-4-6-16-30(38)36-28(32(41)42)18-22-20-34-26-14-10-8-12-24(22)26/h7-14,19-20,27-28,33-34H,1-6,15-18H2,(H,35,37)(H,36,38)(H,39,40)(H,41,42)/t27-,28+. The normalized spacial score (nSPS) is 12.7. The molecule has 0 unspecified atom stereocenters. The molecule has 42 heavy (non-hydrogen) atoms. The summed E-state index contributed by atoms with van der Waals surface area (Å²) in [5, 5.41) is 26.4. The first-order valence-corrected chi connectivity index (χ1v) is 14.5. The molecule has 0 saturated carbocycles. The van der Waals surface area contributed by atoms with Gasteiger partial charge in [0.2, 0.25) is 11.8 Å². The molecule has 0 bridgehead atoms. The highest BCUT2D eigenvalue weighted by molar-refractivity contribution is 5.88. The number of carbonyl (C=O) groups excluding carboxylic acids is 2. The highest BCUT2D eigenvalue weighted by atomic mass is 16.4. The molecule has 0 radical (unpaired) electrons. The summed E-state index contributed by atoms with van der Waals surface area (Å²) in [6.07, 6.45) is 9.23. The van der Waals surface area contributed by atoms with Crippen LogP contribution >= 0.6 is 0 Å². The fourth-order valence-corrected chi connectivity index (χ4v) is 5.25. The number of H-pyrrole nitrogens is 2. The molecule has 2 aromatic carbocycles. The minimum absolute atomic E-state index is 0.203. The lowest BCUT2D eigenvalue weighted by Crippen LogP contribution is -2.42. The number of rotatable bonds is 17. The number of aromatic nitrogens is 2. The number of carboxylic acids is 2. The first kappa shape index (κ1) is 30.4. The zero-order chi connectivity index (χ0) is 29.9. The van der Waals surface area contributed by atoms with E-state index < -0.39 is 24.0 Å². The summed E-state index contributed by atoms with van der Waals surface area (Å²) >= 11 is 0. The van der Waals surface area contributed by atoms with Gasteiger partial charge in [0.05, 0.1) is 0 Å². The molecule has 4 aromatic rings. The van der Waals surface area contributed by atoms with Gasteiger partial charge in [0.25, 0.3) is 0 Å². The second kappa shape index (κ2) is 14.9. The SMILES string of the molecule is O=C(CCCCCCCCC(=O)N[C@H](Cc1c[nH]c2ccccc12)C(=O)O)N[C@@H](Cc1c[nH]c2ccccc12)C(=O)O. The molecule has 6 N–H and O–H groups in total. The summed E-state index contributed by atoms with van der Waals surface area (Å²) in [7, 11) is 0. The van der Waals surface area contributed by atoms with Gasteiger partial charge in [-0.2, -0.15) is 0 Å². The number of para-hydroxylation sites is 2. The number of unbranched alkanes of at least 4 members (excludes halogenated alkanes) is 5. The Bertz CT molecular complexity index is 1410. The lowest BCUT2D eigenvalue weighted by Gasteiger charge is -2.14. The largest absolute Gasteiger partial charge is 0.480 e. The summed E-state index contributed by atoms with van der Waals surface area (Å²) < 4.78 is 0. The molecular weight excluding hydrogens is 536 g/mol. The second-order valence-electron chi connectivity index (χ2n) is 10.7. The maximum atomic E-state index is 12.4. The number of hydrogen-bond donors (Lipinski definition) is 6. The first-order valence-electron chi connectivity index (χ1n) is 14.5. The summed E-state index contributed by atoms with van der Waals surface area (Å²) in [4.78, 5) is 54.5. The van der Waals surface area contributed by atoms with Crippen LogP contribution in [-0.2, 0) is 32.0 Å². The third kappa shape index (κ3) is 8.45. The number of carbonyl (C=O) groups is 4. The number of aromatic amines is 2. The number of hydrogen-bond acceptors (Lipinski definition) is 4. The maximum absolute atomic E-state index is 12.4. The smallest absolute Gasteiger partial charge is 0.326 e. The number of fused-ring (bicyclic) bond motifs is 2. The third-order valence-corrected chi connectivity index (χ3v) is 7.52. The van der Waals surface area contributed by atoms with Crippen molar-refractivity contribution in [2.24, 2.45) is 0 Å². The molecule has 4 rings (SSSR count). The van der Waals surface area contributed by atoms with Crippen LogP contribution in [0, 0.1) is 0 Å². The van der Waals surface area contributed by atoms with E-state index in [4.69, 9.17) is 0 Å². The van der Waals surface area contributed by atoms with Gasteiger partial charge in [-0.3, -0.25) is 9.59 Å². The Hall–Kier alpha value is -4.60. The molecule has 2 aromatic heterocycles. The zero-order valence-corrected chi connectivity index (χ0v) is 23.5. The van der Waals surface area contributed by atoms with Gasteiger partial charge in [-0.15, -0.1) is 0 Å². The topological polar surface area (TPSA) is 164 Å². The predicted octanol–water partition coefficient (Wildman–Crippen LogP) is 4.69. The van der Waals surface area contributed by atoms with Crippen LogP contribution in [0.2, 0.25) is 0 Å². The van der Waals surface area contributed by atoms with Crippen LogP contribution in [0.25, 0.3) is 21.8 Å². The van der Waals surface area contributed by atoms with E-state index >= 15 is 0 Å². The Balaban J connectivity index is 1.08. The van der Waals surface area contributed by atoms with Crippen molar-refractivity contribution in [2.75, 3.05) is 0 Å². The Morgan fingerprint density at radius 1 is 0.595 bits per heavy atom. The molecule has 222 valence electrons. The van der Waals surface area contributed by atoms with Crippen molar-refractivity contribution >= 4 is 45.6 Å². The molecule has 0 aliphatic rings. The van der Waals surface area contributed by atoms with E-state index in [1.54, 1.807) is 12.4 Å². The van der Waals surface area contributed by atoms with Gasteiger partial charge in [0.15, 0.2) is 0 Å². The fourth-order valence-electron chi connectivity index (χ4n) is 5.25. The van der Waals surface area contributed by atoms with Gasteiger partial charge in [0.1, 0.15) is 12.1 Å².